The number of ether oxygens (including phenoxy) is 1. The molecule has 0 radical (unpaired) electrons. The summed E-state index contributed by atoms with van der Waals surface area (Å²) >= 11 is 0. The third kappa shape index (κ3) is 7.55. The molecule has 10 nitrogen and oxygen atoms in total. The number of nitrogen functional groups attached to an aromatic ring is 1. The zero-order valence-corrected chi connectivity index (χ0v) is 18.8. The molecule has 0 fully saturated rings. The minimum atomic E-state index is -0.152. The van der Waals surface area contributed by atoms with Gasteiger partial charge in [0.25, 0.3) is 5.91 Å². The molecule has 10 heteroatoms. The fourth-order valence-electron chi connectivity index (χ4n) is 2.69. The number of hydrogen-bond acceptors (Lipinski definition) is 9. The minimum absolute atomic E-state index is 0.0437. The predicted molar refractivity (Wildman–Crippen MR) is 129 cm³/mol. The molecule has 0 saturated carbocycles. The number of benzene rings is 1. The Morgan fingerprint density at radius 2 is 2.03 bits per heavy atom. The van der Waals surface area contributed by atoms with Crippen LogP contribution >= 0.6 is 0 Å². The molecular weight excluding hydrogens is 408 g/mol. The molecule has 1 aromatic heterocycles. The van der Waals surface area contributed by atoms with Gasteiger partial charge in [0.2, 0.25) is 5.95 Å². The molecule has 0 saturated heterocycles. The largest absolute Gasteiger partial charge is 0.484 e. The highest BCUT2D eigenvalue weighted by molar-refractivity contribution is 5.82. The van der Waals surface area contributed by atoms with Crippen molar-refractivity contribution in [1.82, 2.24) is 15.3 Å². The minimum Gasteiger partial charge on any atom is -0.484 e. The van der Waals surface area contributed by atoms with Crippen molar-refractivity contribution in [2.45, 2.75) is 33.1 Å². The summed E-state index contributed by atoms with van der Waals surface area (Å²) in [6.07, 6.45) is 7.94. The quantitative estimate of drug-likeness (QED) is 0.171. The lowest BCUT2D eigenvalue weighted by Crippen LogP contribution is -2.29. The Morgan fingerprint density at radius 1 is 1.28 bits per heavy atom. The van der Waals surface area contributed by atoms with E-state index < -0.39 is 0 Å². The van der Waals surface area contributed by atoms with Gasteiger partial charge in [-0.1, -0.05) is 26.3 Å². The highest BCUT2D eigenvalue weighted by Crippen LogP contribution is 2.27. The van der Waals surface area contributed by atoms with Crippen molar-refractivity contribution < 1.29 is 9.53 Å². The van der Waals surface area contributed by atoms with Crippen molar-refractivity contribution in [2.75, 3.05) is 36.3 Å². The van der Waals surface area contributed by atoms with E-state index in [4.69, 9.17) is 16.3 Å². The van der Waals surface area contributed by atoms with Gasteiger partial charge in [-0.2, -0.15) is 4.98 Å². The molecule has 0 bridgehead atoms. The van der Waals surface area contributed by atoms with Crippen LogP contribution in [0, 0.1) is 0 Å². The molecule has 0 spiro atoms. The first kappa shape index (κ1) is 24.6. The Balaban J connectivity index is 2.06. The lowest BCUT2D eigenvalue weighted by molar-refractivity contribution is -0.123. The number of carbonyl (C=O) groups excluding carboxylic acids is 1. The van der Waals surface area contributed by atoms with Crippen LogP contribution in [0.25, 0.3) is 0 Å². The molecule has 1 amide bonds. The van der Waals surface area contributed by atoms with E-state index in [2.05, 4.69) is 32.5 Å². The maximum Gasteiger partial charge on any atom is 0.257 e. The standard InChI is InChI=1S/C22H32N8O2/c1-4-6-12-26-20(31)15-32-18-10-8-17(9-11-18)30(24)21-19(23)14-27-22(29-21)28-16(7-5-2)13-25-3/h7-11,13-14H,4-6,12,15,23-24H2,1-3H3,(H,26,31)(H,27,28,29)/b16-7+,25-13-. The van der Waals surface area contributed by atoms with Crippen LogP contribution in [-0.4, -0.2) is 42.3 Å². The lowest BCUT2D eigenvalue weighted by Gasteiger charge is -2.20. The Morgan fingerprint density at radius 3 is 2.69 bits per heavy atom. The number of nitrogens with zero attached hydrogens (tertiary/aromatic N) is 4. The molecule has 2 rings (SSSR count). The average molecular weight is 441 g/mol. The molecule has 1 heterocycles. The monoisotopic (exact) mass is 440 g/mol. The molecule has 6 N–H and O–H groups in total. The molecular formula is C22H32N8O2. The van der Waals surface area contributed by atoms with Gasteiger partial charge in [-0.25, -0.2) is 10.8 Å². The van der Waals surface area contributed by atoms with Gasteiger partial charge in [0.05, 0.1) is 23.3 Å². The van der Waals surface area contributed by atoms with Gasteiger partial charge in [0, 0.05) is 19.8 Å². The molecule has 32 heavy (non-hydrogen) atoms. The summed E-state index contributed by atoms with van der Waals surface area (Å²) in [5.41, 5.74) is 7.79. The average Bonchev–Trinajstić information content (AvgIpc) is 2.79. The van der Waals surface area contributed by atoms with E-state index in [0.717, 1.165) is 25.0 Å². The molecule has 0 aliphatic carbocycles. The molecule has 0 unspecified atom stereocenters. The van der Waals surface area contributed by atoms with E-state index >= 15 is 0 Å². The van der Waals surface area contributed by atoms with Crippen molar-refractivity contribution in [3.63, 3.8) is 0 Å². The Kier molecular flexibility index (Phi) is 9.92. The van der Waals surface area contributed by atoms with E-state index in [0.29, 0.717) is 35.4 Å². The van der Waals surface area contributed by atoms with Gasteiger partial charge in [-0.15, -0.1) is 0 Å². The third-order valence-corrected chi connectivity index (χ3v) is 4.31. The number of nitrogens with one attached hydrogen (secondary N) is 2. The predicted octanol–water partition coefficient (Wildman–Crippen LogP) is 2.77. The second kappa shape index (κ2) is 12.9. The normalized spacial score (nSPS) is 11.4. The SMILES string of the molecule is CC/C=C(\C=N/C)Nc1ncc(N)c(N(N)c2ccc(OCC(=O)NCCCC)cc2)n1. The van der Waals surface area contributed by atoms with Gasteiger partial charge < -0.3 is 21.1 Å². The van der Waals surface area contributed by atoms with Gasteiger partial charge >= 0.3 is 0 Å². The summed E-state index contributed by atoms with van der Waals surface area (Å²) in [4.78, 5) is 24.4. The molecule has 172 valence electrons. The number of allylic oxidation sites excluding steroid dienone is 2. The number of nitrogens with two attached hydrogens (primary N) is 2. The number of amides is 1. The van der Waals surface area contributed by atoms with Crippen LogP contribution in [0.5, 0.6) is 5.75 Å². The van der Waals surface area contributed by atoms with E-state index in [1.165, 1.54) is 11.2 Å². The molecule has 0 aliphatic rings. The third-order valence-electron chi connectivity index (χ3n) is 4.31. The number of hydrogen-bond donors (Lipinski definition) is 4. The second-order valence-electron chi connectivity index (χ2n) is 6.91. The first-order chi connectivity index (χ1) is 15.5. The zero-order valence-electron chi connectivity index (χ0n) is 18.8. The van der Waals surface area contributed by atoms with Gasteiger partial charge in [0.1, 0.15) is 5.75 Å². The van der Waals surface area contributed by atoms with E-state index in [9.17, 15) is 4.79 Å². The number of carbonyl (C=O) groups is 1. The highest BCUT2D eigenvalue weighted by atomic mass is 16.5. The van der Waals surface area contributed by atoms with Crippen LogP contribution in [0.3, 0.4) is 0 Å². The zero-order chi connectivity index (χ0) is 23.3. The summed E-state index contributed by atoms with van der Waals surface area (Å²) in [5.74, 6) is 7.36. The summed E-state index contributed by atoms with van der Waals surface area (Å²) in [7, 11) is 1.69. The number of rotatable bonds is 12. The number of hydrazine groups is 1. The maximum atomic E-state index is 11.8. The molecule has 0 aliphatic heterocycles. The number of aromatic nitrogens is 2. The topological polar surface area (TPSA) is 144 Å². The van der Waals surface area contributed by atoms with Crippen LogP contribution in [0.1, 0.15) is 33.1 Å². The lowest BCUT2D eigenvalue weighted by atomic mass is 10.3. The Labute approximate surface area is 188 Å². The number of aliphatic imine (C=N–C) groups is 1. The summed E-state index contributed by atoms with van der Waals surface area (Å²) < 4.78 is 5.52. The van der Waals surface area contributed by atoms with Crippen LogP contribution in [0.15, 0.2) is 47.2 Å². The smallest absolute Gasteiger partial charge is 0.257 e. The Hall–Kier alpha value is -3.66. The highest BCUT2D eigenvalue weighted by Gasteiger charge is 2.13. The molecule has 2 aromatic rings. The fraction of sp³-hybridized carbons (Fsp3) is 0.364. The van der Waals surface area contributed by atoms with Crippen LogP contribution in [0.4, 0.5) is 23.1 Å². The first-order valence-electron chi connectivity index (χ1n) is 10.5. The van der Waals surface area contributed by atoms with Crippen molar-refractivity contribution in [1.29, 1.82) is 0 Å². The van der Waals surface area contributed by atoms with E-state index in [1.807, 2.05) is 13.0 Å². The summed E-state index contributed by atoms with van der Waals surface area (Å²) in [6.45, 7) is 4.70. The summed E-state index contributed by atoms with van der Waals surface area (Å²) in [5, 5.41) is 7.27. The van der Waals surface area contributed by atoms with Crippen LogP contribution < -0.4 is 32.0 Å². The van der Waals surface area contributed by atoms with Crippen LogP contribution in [0.2, 0.25) is 0 Å². The summed E-state index contributed by atoms with van der Waals surface area (Å²) in [6, 6.07) is 6.96. The number of anilines is 4. The van der Waals surface area contributed by atoms with Gasteiger partial charge in [-0.05, 0) is 37.1 Å². The van der Waals surface area contributed by atoms with Crippen molar-refractivity contribution in [2.24, 2.45) is 10.8 Å². The molecule has 1 aromatic carbocycles. The first-order valence-corrected chi connectivity index (χ1v) is 10.5. The van der Waals surface area contributed by atoms with Crippen molar-refractivity contribution in [3.8, 4) is 5.75 Å². The van der Waals surface area contributed by atoms with Crippen molar-refractivity contribution in [3.05, 3.63) is 42.2 Å². The Bertz CT molecular complexity index is 928. The van der Waals surface area contributed by atoms with E-state index in [1.54, 1.807) is 37.5 Å². The van der Waals surface area contributed by atoms with E-state index in [-0.39, 0.29) is 12.5 Å². The maximum absolute atomic E-state index is 11.8. The fourth-order valence-corrected chi connectivity index (χ4v) is 2.69. The van der Waals surface area contributed by atoms with Crippen molar-refractivity contribution >= 4 is 35.3 Å². The molecule has 0 atom stereocenters. The van der Waals surface area contributed by atoms with Crippen LogP contribution in [-0.2, 0) is 4.79 Å². The second-order valence-corrected chi connectivity index (χ2v) is 6.91. The van der Waals surface area contributed by atoms with Gasteiger partial charge in [0.15, 0.2) is 12.4 Å². The van der Waals surface area contributed by atoms with Gasteiger partial charge in [-0.3, -0.25) is 14.8 Å². The number of unbranched alkanes of at least 4 members (excludes halogenated alkanes) is 1.